The Morgan fingerprint density at radius 2 is 1.69 bits per heavy atom. The number of carbonyl (C=O) groups is 3. The van der Waals surface area contributed by atoms with Crippen molar-refractivity contribution in [2.45, 2.75) is 26.4 Å². The van der Waals surface area contributed by atoms with E-state index >= 15 is 0 Å². The Kier molecular flexibility index (Phi) is 3.44. The molecule has 0 bridgehead atoms. The van der Waals surface area contributed by atoms with Crippen molar-refractivity contribution in [3.8, 4) is 0 Å². The Balaban J connectivity index is 2.63. The number of imide groups is 1. The summed E-state index contributed by atoms with van der Waals surface area (Å²) in [5.41, 5.74) is 0.740. The van der Waals surface area contributed by atoms with Gasteiger partial charge in [0.25, 0.3) is 11.8 Å². The van der Waals surface area contributed by atoms with Crippen LogP contribution in [0.2, 0.25) is 0 Å². The van der Waals surface area contributed by atoms with Gasteiger partial charge in [-0.3, -0.25) is 14.5 Å². The van der Waals surface area contributed by atoms with Crippen molar-refractivity contribution >= 4 is 17.8 Å². The van der Waals surface area contributed by atoms with Crippen LogP contribution in [0, 0.1) is 0 Å². The van der Waals surface area contributed by atoms with Gasteiger partial charge in [-0.15, -0.1) is 0 Å². The van der Waals surface area contributed by atoms with Crippen LogP contribution in [0.1, 0.15) is 20.3 Å². The summed E-state index contributed by atoms with van der Waals surface area (Å²) < 4.78 is 0. The molecule has 0 spiro atoms. The van der Waals surface area contributed by atoms with E-state index in [2.05, 4.69) is 0 Å². The molecule has 0 aliphatic carbocycles. The van der Waals surface area contributed by atoms with Crippen molar-refractivity contribution in [3.05, 3.63) is 11.1 Å². The number of aliphatic hydroxyl groups is 1. The molecule has 1 unspecified atom stereocenters. The maximum Gasteiger partial charge on any atom is 0.332 e. The largest absolute Gasteiger partial charge is 0.479 e. The fourth-order valence-electron chi connectivity index (χ4n) is 1.40. The zero-order chi connectivity index (χ0) is 12.5. The maximum atomic E-state index is 11.5. The van der Waals surface area contributed by atoms with Crippen molar-refractivity contribution in [2.75, 3.05) is 6.54 Å². The lowest BCUT2D eigenvalue weighted by Gasteiger charge is -2.15. The third kappa shape index (κ3) is 2.11. The van der Waals surface area contributed by atoms with Gasteiger partial charge in [-0.25, -0.2) is 4.79 Å². The summed E-state index contributed by atoms with van der Waals surface area (Å²) in [6, 6.07) is 0. The molecule has 1 aliphatic heterocycles. The summed E-state index contributed by atoms with van der Waals surface area (Å²) in [6.45, 7) is 3.01. The van der Waals surface area contributed by atoms with Gasteiger partial charge in [0.1, 0.15) is 0 Å². The molecule has 6 nitrogen and oxygen atoms in total. The summed E-state index contributed by atoms with van der Waals surface area (Å²) in [5, 5.41) is 17.5. The highest BCUT2D eigenvalue weighted by atomic mass is 16.4. The molecule has 16 heavy (non-hydrogen) atoms. The topological polar surface area (TPSA) is 94.9 Å². The molecule has 2 amide bonds. The van der Waals surface area contributed by atoms with Crippen LogP contribution in [0.15, 0.2) is 11.1 Å². The maximum absolute atomic E-state index is 11.5. The van der Waals surface area contributed by atoms with Crippen LogP contribution in [0.5, 0.6) is 0 Å². The molecule has 6 heteroatoms. The average Bonchev–Trinajstić information content (AvgIpc) is 2.41. The molecule has 0 radical (unpaired) electrons. The SMILES string of the molecule is CC1=C(C)C(=O)N(CCC(O)C(=O)O)C1=O. The van der Waals surface area contributed by atoms with Gasteiger partial charge < -0.3 is 10.2 Å². The lowest BCUT2D eigenvalue weighted by Crippen LogP contribution is -2.35. The summed E-state index contributed by atoms with van der Waals surface area (Å²) in [5.74, 6) is -2.19. The van der Waals surface area contributed by atoms with Crippen molar-refractivity contribution in [2.24, 2.45) is 0 Å². The zero-order valence-electron chi connectivity index (χ0n) is 9.06. The van der Waals surface area contributed by atoms with Gasteiger partial charge >= 0.3 is 5.97 Å². The van der Waals surface area contributed by atoms with E-state index in [9.17, 15) is 14.4 Å². The highest BCUT2D eigenvalue weighted by Gasteiger charge is 2.33. The average molecular weight is 227 g/mol. The molecule has 0 aromatic heterocycles. The van der Waals surface area contributed by atoms with Gasteiger partial charge in [-0.05, 0) is 13.8 Å². The molecule has 1 rings (SSSR count). The summed E-state index contributed by atoms with van der Waals surface area (Å²) in [4.78, 5) is 34.4. The Hall–Kier alpha value is -1.69. The second-order valence-corrected chi connectivity index (χ2v) is 3.65. The summed E-state index contributed by atoms with van der Waals surface area (Å²) in [6.07, 6.45) is -1.71. The smallest absolute Gasteiger partial charge is 0.332 e. The van der Waals surface area contributed by atoms with Crippen molar-refractivity contribution < 1.29 is 24.6 Å². The molecular weight excluding hydrogens is 214 g/mol. The molecule has 0 saturated carbocycles. The minimum absolute atomic E-state index is 0.0835. The van der Waals surface area contributed by atoms with Crippen molar-refractivity contribution in [1.29, 1.82) is 0 Å². The lowest BCUT2D eigenvalue weighted by atomic mass is 10.2. The van der Waals surface area contributed by atoms with Gasteiger partial charge in [-0.2, -0.15) is 0 Å². The third-order valence-corrected chi connectivity index (χ3v) is 2.61. The number of hydrogen-bond donors (Lipinski definition) is 2. The number of aliphatic carboxylic acids is 1. The van der Waals surface area contributed by atoms with Crippen molar-refractivity contribution in [1.82, 2.24) is 4.90 Å². The molecule has 0 saturated heterocycles. The standard InChI is InChI=1S/C10H13NO5/c1-5-6(2)9(14)11(8(5)13)4-3-7(12)10(15)16/h7,12H,3-4H2,1-2H3,(H,15,16). The number of amides is 2. The molecule has 1 heterocycles. The molecular formula is C10H13NO5. The van der Waals surface area contributed by atoms with E-state index in [4.69, 9.17) is 10.2 Å². The summed E-state index contributed by atoms with van der Waals surface area (Å²) >= 11 is 0. The molecule has 0 aromatic carbocycles. The zero-order valence-corrected chi connectivity index (χ0v) is 9.06. The van der Waals surface area contributed by atoms with E-state index < -0.39 is 23.9 Å². The quantitative estimate of drug-likeness (QED) is 0.633. The van der Waals surface area contributed by atoms with E-state index in [-0.39, 0.29) is 13.0 Å². The predicted octanol–water partition coefficient (Wildman–Crippen LogP) is -0.473. The van der Waals surface area contributed by atoms with Gasteiger partial charge in [0.2, 0.25) is 0 Å². The second kappa shape index (κ2) is 4.44. The van der Waals surface area contributed by atoms with Gasteiger partial charge in [0.15, 0.2) is 6.10 Å². The van der Waals surface area contributed by atoms with E-state index in [1.165, 1.54) is 0 Å². The highest BCUT2D eigenvalue weighted by Crippen LogP contribution is 2.19. The summed E-state index contributed by atoms with van der Waals surface area (Å²) in [7, 11) is 0. The number of aliphatic hydroxyl groups excluding tert-OH is 1. The van der Waals surface area contributed by atoms with Gasteiger partial charge in [-0.1, -0.05) is 0 Å². The fraction of sp³-hybridized carbons (Fsp3) is 0.500. The number of nitrogens with zero attached hydrogens (tertiary/aromatic N) is 1. The van der Waals surface area contributed by atoms with Gasteiger partial charge in [0.05, 0.1) is 0 Å². The van der Waals surface area contributed by atoms with Crippen LogP contribution in [0.3, 0.4) is 0 Å². The van der Waals surface area contributed by atoms with Crippen LogP contribution in [0.25, 0.3) is 0 Å². The molecule has 1 aliphatic rings. The van der Waals surface area contributed by atoms with E-state index in [1.54, 1.807) is 13.8 Å². The van der Waals surface area contributed by atoms with Crippen LogP contribution in [-0.4, -0.2) is 45.5 Å². The third-order valence-electron chi connectivity index (χ3n) is 2.61. The van der Waals surface area contributed by atoms with Gasteiger partial charge in [0, 0.05) is 24.1 Å². The monoisotopic (exact) mass is 227 g/mol. The molecule has 0 fully saturated rings. The van der Waals surface area contributed by atoms with E-state index in [0.29, 0.717) is 11.1 Å². The highest BCUT2D eigenvalue weighted by molar-refractivity contribution is 6.18. The minimum atomic E-state index is -1.55. The van der Waals surface area contributed by atoms with Crippen LogP contribution < -0.4 is 0 Å². The fourth-order valence-corrected chi connectivity index (χ4v) is 1.40. The van der Waals surface area contributed by atoms with Crippen LogP contribution in [-0.2, 0) is 14.4 Å². The molecule has 1 atom stereocenters. The number of carboxylic acid groups (broad SMARTS) is 1. The predicted molar refractivity (Wildman–Crippen MR) is 53.4 cm³/mol. The van der Waals surface area contributed by atoms with E-state index in [0.717, 1.165) is 4.90 Å². The normalized spacial score (nSPS) is 18.3. The van der Waals surface area contributed by atoms with Crippen LogP contribution >= 0.6 is 0 Å². The number of hydrogen-bond acceptors (Lipinski definition) is 4. The first-order valence-corrected chi connectivity index (χ1v) is 4.80. The Labute approximate surface area is 92.2 Å². The second-order valence-electron chi connectivity index (χ2n) is 3.65. The van der Waals surface area contributed by atoms with Crippen molar-refractivity contribution in [3.63, 3.8) is 0 Å². The molecule has 2 N–H and O–H groups in total. The van der Waals surface area contributed by atoms with Crippen LogP contribution in [0.4, 0.5) is 0 Å². The number of carbonyl (C=O) groups excluding carboxylic acids is 2. The number of carboxylic acids is 1. The Morgan fingerprint density at radius 1 is 1.25 bits per heavy atom. The Morgan fingerprint density at radius 3 is 2.06 bits per heavy atom. The first-order chi connectivity index (χ1) is 7.36. The Bertz CT molecular complexity index is 361. The van der Waals surface area contributed by atoms with E-state index in [1.807, 2.05) is 0 Å². The minimum Gasteiger partial charge on any atom is -0.479 e. The molecule has 88 valence electrons. The number of rotatable bonds is 4. The first kappa shape index (κ1) is 12.4. The molecule has 0 aromatic rings. The lowest BCUT2D eigenvalue weighted by molar-refractivity contribution is -0.148. The first-order valence-electron chi connectivity index (χ1n) is 4.80.